The van der Waals surface area contributed by atoms with Gasteiger partial charge in [-0.1, -0.05) is 18.2 Å². The summed E-state index contributed by atoms with van der Waals surface area (Å²) >= 11 is 9.23. The first-order chi connectivity index (χ1) is 9.65. The van der Waals surface area contributed by atoms with Crippen LogP contribution in [-0.2, 0) is 6.54 Å². The largest absolute Gasteiger partial charge is 0.444 e. The summed E-state index contributed by atoms with van der Waals surface area (Å²) in [6, 6.07) is 12.5. The molecule has 102 valence electrons. The van der Waals surface area contributed by atoms with Crippen LogP contribution in [0.1, 0.15) is 5.56 Å². The number of hydrogen-bond acceptors (Lipinski definition) is 2. The monoisotopic (exact) mass is 353 g/mol. The molecule has 2 nitrogen and oxygen atoms in total. The Balaban J connectivity index is 1.86. The van der Waals surface area contributed by atoms with E-state index in [-0.39, 0.29) is 5.82 Å². The molecule has 0 aliphatic carbocycles. The van der Waals surface area contributed by atoms with Gasteiger partial charge in [-0.05, 0) is 51.8 Å². The zero-order chi connectivity index (χ0) is 14.1. The van der Waals surface area contributed by atoms with Crippen LogP contribution in [0, 0.1) is 5.82 Å². The van der Waals surface area contributed by atoms with E-state index in [0.29, 0.717) is 21.9 Å². The van der Waals surface area contributed by atoms with Gasteiger partial charge in [0.1, 0.15) is 11.4 Å². The van der Waals surface area contributed by atoms with Crippen molar-refractivity contribution in [3.8, 4) is 0 Å². The Labute approximate surface area is 128 Å². The summed E-state index contributed by atoms with van der Waals surface area (Å²) in [5.41, 5.74) is 2.30. The van der Waals surface area contributed by atoms with Gasteiger partial charge in [0.2, 0.25) is 0 Å². The Morgan fingerprint density at radius 1 is 1.20 bits per heavy atom. The van der Waals surface area contributed by atoms with E-state index in [0.717, 1.165) is 16.5 Å². The molecule has 0 saturated carbocycles. The highest BCUT2D eigenvalue weighted by molar-refractivity contribution is 9.10. The second-order valence-corrected chi connectivity index (χ2v) is 5.53. The lowest BCUT2D eigenvalue weighted by molar-refractivity contribution is 0.613. The molecule has 1 aromatic heterocycles. The van der Waals surface area contributed by atoms with Crippen molar-refractivity contribution < 1.29 is 8.81 Å². The molecule has 0 spiro atoms. The first-order valence-electron chi connectivity index (χ1n) is 6.00. The lowest BCUT2D eigenvalue weighted by Gasteiger charge is -2.06. The van der Waals surface area contributed by atoms with Crippen molar-refractivity contribution in [3.63, 3.8) is 0 Å². The molecule has 2 aromatic carbocycles. The van der Waals surface area contributed by atoms with Gasteiger partial charge in [-0.25, -0.2) is 4.39 Å². The fourth-order valence-electron chi connectivity index (χ4n) is 2.03. The summed E-state index contributed by atoms with van der Waals surface area (Å²) in [6.07, 6.45) is 0. The number of para-hydroxylation sites is 1. The number of nitrogens with one attached hydrogen (secondary N) is 1. The fraction of sp³-hybridized carbons (Fsp3) is 0.0667. The average Bonchev–Trinajstić information content (AvgIpc) is 2.76. The number of benzene rings is 2. The third-order valence-electron chi connectivity index (χ3n) is 3.04. The van der Waals surface area contributed by atoms with Gasteiger partial charge < -0.3 is 9.73 Å². The van der Waals surface area contributed by atoms with Crippen molar-refractivity contribution in [3.05, 3.63) is 63.5 Å². The third kappa shape index (κ3) is 2.53. The van der Waals surface area contributed by atoms with Crippen molar-refractivity contribution in [2.75, 3.05) is 5.32 Å². The molecule has 3 aromatic rings. The molecular formula is C15H10BrClFNO. The van der Waals surface area contributed by atoms with E-state index < -0.39 is 0 Å². The van der Waals surface area contributed by atoms with Crippen LogP contribution in [0.5, 0.6) is 0 Å². The maximum absolute atomic E-state index is 13.4. The van der Waals surface area contributed by atoms with E-state index in [2.05, 4.69) is 21.2 Å². The zero-order valence-corrected chi connectivity index (χ0v) is 12.6. The van der Waals surface area contributed by atoms with Crippen molar-refractivity contribution >= 4 is 44.2 Å². The van der Waals surface area contributed by atoms with Crippen molar-refractivity contribution in [2.24, 2.45) is 0 Å². The molecule has 0 radical (unpaired) electrons. The van der Waals surface area contributed by atoms with E-state index in [1.165, 1.54) is 6.07 Å². The van der Waals surface area contributed by atoms with Crippen LogP contribution in [0.4, 0.5) is 10.1 Å². The van der Waals surface area contributed by atoms with Gasteiger partial charge in [0.25, 0.3) is 0 Å². The average molecular weight is 355 g/mol. The minimum absolute atomic E-state index is 0.307. The van der Waals surface area contributed by atoms with E-state index in [4.69, 9.17) is 16.0 Å². The molecule has 0 aliphatic heterocycles. The maximum Gasteiger partial charge on any atom is 0.199 e. The van der Waals surface area contributed by atoms with Crippen molar-refractivity contribution in [1.82, 2.24) is 0 Å². The molecule has 0 unspecified atom stereocenters. The third-order valence-corrected chi connectivity index (χ3v) is 3.99. The minimum atomic E-state index is -0.307. The molecular weight excluding hydrogens is 345 g/mol. The molecule has 0 amide bonds. The van der Waals surface area contributed by atoms with Crippen LogP contribution in [0.15, 0.2) is 51.4 Å². The fourth-order valence-corrected chi connectivity index (χ4v) is 2.53. The predicted molar refractivity (Wildman–Crippen MR) is 82.7 cm³/mol. The molecule has 5 heteroatoms. The summed E-state index contributed by atoms with van der Waals surface area (Å²) in [6.45, 7) is 0.469. The molecule has 0 bridgehead atoms. The van der Waals surface area contributed by atoms with Gasteiger partial charge in [-0.3, -0.25) is 0 Å². The topological polar surface area (TPSA) is 25.2 Å². The van der Waals surface area contributed by atoms with Crippen molar-refractivity contribution in [2.45, 2.75) is 6.54 Å². The van der Waals surface area contributed by atoms with Crippen LogP contribution >= 0.6 is 27.5 Å². The van der Waals surface area contributed by atoms with Crippen LogP contribution in [-0.4, -0.2) is 0 Å². The second kappa shape index (κ2) is 5.46. The molecule has 3 rings (SSSR count). The first kappa shape index (κ1) is 13.5. The van der Waals surface area contributed by atoms with Crippen LogP contribution in [0.3, 0.4) is 0 Å². The van der Waals surface area contributed by atoms with E-state index >= 15 is 0 Å². The van der Waals surface area contributed by atoms with E-state index in [1.54, 1.807) is 12.1 Å². The second-order valence-electron chi connectivity index (χ2n) is 4.33. The Bertz CT molecular complexity index is 772. The van der Waals surface area contributed by atoms with E-state index in [1.807, 2.05) is 24.3 Å². The Kier molecular flexibility index (Phi) is 3.68. The molecule has 0 saturated heterocycles. The summed E-state index contributed by atoms with van der Waals surface area (Å²) < 4.78 is 19.4. The van der Waals surface area contributed by atoms with Crippen molar-refractivity contribution in [1.29, 1.82) is 0 Å². The lowest BCUT2D eigenvalue weighted by Crippen LogP contribution is -1.99. The highest BCUT2D eigenvalue weighted by Gasteiger charge is 2.11. The van der Waals surface area contributed by atoms with Crippen LogP contribution < -0.4 is 5.32 Å². The number of halogens is 3. The predicted octanol–water partition coefficient (Wildman–Crippen LogP) is 5.60. The van der Waals surface area contributed by atoms with Gasteiger partial charge in [-0.2, -0.15) is 0 Å². The number of rotatable bonds is 3. The van der Waals surface area contributed by atoms with Gasteiger partial charge >= 0.3 is 0 Å². The van der Waals surface area contributed by atoms with Gasteiger partial charge in [0.05, 0.1) is 4.47 Å². The maximum atomic E-state index is 13.4. The minimum Gasteiger partial charge on any atom is -0.444 e. The Hall–Kier alpha value is -1.52. The summed E-state index contributed by atoms with van der Waals surface area (Å²) in [4.78, 5) is 0. The molecule has 1 heterocycles. The number of furan rings is 1. The normalized spacial score (nSPS) is 10.9. The van der Waals surface area contributed by atoms with Crippen LogP contribution in [0.2, 0.25) is 5.22 Å². The van der Waals surface area contributed by atoms with Gasteiger partial charge in [0, 0.05) is 23.2 Å². The Morgan fingerprint density at radius 3 is 2.80 bits per heavy atom. The highest BCUT2D eigenvalue weighted by atomic mass is 79.9. The quantitative estimate of drug-likeness (QED) is 0.662. The summed E-state index contributed by atoms with van der Waals surface area (Å²) in [7, 11) is 0. The highest BCUT2D eigenvalue weighted by Crippen LogP contribution is 2.30. The summed E-state index contributed by atoms with van der Waals surface area (Å²) in [5, 5.41) is 4.46. The summed E-state index contributed by atoms with van der Waals surface area (Å²) in [5.74, 6) is -0.307. The zero-order valence-electron chi connectivity index (χ0n) is 10.3. The molecule has 20 heavy (non-hydrogen) atoms. The smallest absolute Gasteiger partial charge is 0.199 e. The molecule has 0 aliphatic rings. The SMILES string of the molecule is Fc1cc(NCc2c(Cl)oc3ccccc23)ccc1Br. The first-order valence-corrected chi connectivity index (χ1v) is 7.17. The molecule has 1 N–H and O–H groups in total. The Morgan fingerprint density at radius 2 is 2.00 bits per heavy atom. The van der Waals surface area contributed by atoms with Gasteiger partial charge in [0.15, 0.2) is 5.22 Å². The number of hydrogen-bond donors (Lipinski definition) is 1. The van der Waals surface area contributed by atoms with Gasteiger partial charge in [-0.15, -0.1) is 0 Å². The molecule has 0 fully saturated rings. The van der Waals surface area contributed by atoms with Crippen LogP contribution in [0.25, 0.3) is 11.0 Å². The number of anilines is 1. The van der Waals surface area contributed by atoms with E-state index in [9.17, 15) is 4.39 Å². The standard InChI is InChI=1S/C15H10BrClFNO/c16-12-6-5-9(7-13(12)18)19-8-11-10-3-1-2-4-14(10)20-15(11)17/h1-7,19H,8H2. The molecule has 0 atom stereocenters. The lowest BCUT2D eigenvalue weighted by atomic mass is 10.2. The number of fused-ring (bicyclic) bond motifs is 1.